The summed E-state index contributed by atoms with van der Waals surface area (Å²) in [6.45, 7) is 2.64. The van der Waals surface area contributed by atoms with Crippen molar-refractivity contribution >= 4 is 10.9 Å². The molecule has 0 aliphatic carbocycles. The zero-order valence-electron chi connectivity index (χ0n) is 13.2. The summed E-state index contributed by atoms with van der Waals surface area (Å²) in [5.74, 6) is 0.918. The van der Waals surface area contributed by atoms with E-state index in [4.69, 9.17) is 4.74 Å². The molecule has 0 radical (unpaired) electrons. The maximum Gasteiger partial charge on any atom is 0.120 e. The Morgan fingerprint density at radius 2 is 1.82 bits per heavy atom. The number of rotatable bonds is 6. The Morgan fingerprint density at radius 3 is 2.59 bits per heavy atom. The van der Waals surface area contributed by atoms with Crippen molar-refractivity contribution < 1.29 is 4.74 Å². The number of likely N-dealkylation sites (N-methyl/N-ethyl adjacent to an activating group) is 1. The van der Waals surface area contributed by atoms with E-state index in [9.17, 15) is 0 Å². The van der Waals surface area contributed by atoms with Crippen LogP contribution in [0, 0.1) is 0 Å². The van der Waals surface area contributed by atoms with Crippen molar-refractivity contribution in [3.05, 3.63) is 66.4 Å². The van der Waals surface area contributed by atoms with E-state index in [1.165, 1.54) is 16.5 Å². The minimum Gasteiger partial charge on any atom is -0.489 e. The number of fused-ring (bicyclic) bond motifs is 1. The fraction of sp³-hybridized carbons (Fsp3) is 0.263. The number of nitrogens with zero attached hydrogens (tertiary/aromatic N) is 2. The highest BCUT2D eigenvalue weighted by atomic mass is 16.5. The van der Waals surface area contributed by atoms with Crippen molar-refractivity contribution in [3.8, 4) is 5.75 Å². The molecule has 0 spiro atoms. The van der Waals surface area contributed by atoms with Gasteiger partial charge in [0.15, 0.2) is 0 Å². The third-order valence-corrected chi connectivity index (χ3v) is 3.78. The summed E-state index contributed by atoms with van der Waals surface area (Å²) in [7, 11) is 4.20. The van der Waals surface area contributed by atoms with Crippen LogP contribution in [-0.2, 0) is 13.2 Å². The predicted octanol–water partition coefficient (Wildman–Crippen LogP) is 3.78. The van der Waals surface area contributed by atoms with Crippen LogP contribution >= 0.6 is 0 Å². The van der Waals surface area contributed by atoms with Gasteiger partial charge in [0.05, 0.1) is 0 Å². The fourth-order valence-corrected chi connectivity index (χ4v) is 2.51. The summed E-state index contributed by atoms with van der Waals surface area (Å²) in [6, 6.07) is 18.7. The molecule has 0 amide bonds. The second kappa shape index (κ2) is 6.67. The normalized spacial score (nSPS) is 11.2. The zero-order valence-corrected chi connectivity index (χ0v) is 13.2. The first kappa shape index (κ1) is 14.7. The molecule has 0 saturated carbocycles. The van der Waals surface area contributed by atoms with E-state index in [-0.39, 0.29) is 0 Å². The molecule has 1 heterocycles. The zero-order chi connectivity index (χ0) is 15.4. The van der Waals surface area contributed by atoms with Crippen LogP contribution in [0.3, 0.4) is 0 Å². The number of hydrogen-bond acceptors (Lipinski definition) is 2. The standard InChI is InChI=1S/C19H22N2O/c1-20(2)12-13-21-11-10-17-14-18(8-9-19(17)21)22-15-16-6-4-3-5-7-16/h3-11,14H,12-13,15H2,1-2H3. The summed E-state index contributed by atoms with van der Waals surface area (Å²) in [6.07, 6.45) is 2.15. The molecule has 3 rings (SSSR count). The van der Waals surface area contributed by atoms with E-state index < -0.39 is 0 Å². The highest BCUT2D eigenvalue weighted by molar-refractivity contribution is 5.81. The molecule has 3 heteroatoms. The Labute approximate surface area is 131 Å². The number of aromatic nitrogens is 1. The average Bonchev–Trinajstić information content (AvgIpc) is 2.94. The first-order valence-electron chi connectivity index (χ1n) is 7.63. The molecule has 3 aromatic rings. The topological polar surface area (TPSA) is 17.4 Å². The quantitative estimate of drug-likeness (QED) is 0.688. The molecule has 0 aliphatic rings. The van der Waals surface area contributed by atoms with Gasteiger partial charge in [-0.2, -0.15) is 0 Å². The lowest BCUT2D eigenvalue weighted by atomic mass is 10.2. The minimum absolute atomic E-state index is 0.605. The number of benzene rings is 2. The minimum atomic E-state index is 0.605. The van der Waals surface area contributed by atoms with Crippen LogP contribution in [0.5, 0.6) is 5.75 Å². The monoisotopic (exact) mass is 294 g/mol. The van der Waals surface area contributed by atoms with Crippen molar-refractivity contribution in [2.45, 2.75) is 13.2 Å². The lowest BCUT2D eigenvalue weighted by molar-refractivity contribution is 0.306. The van der Waals surface area contributed by atoms with Gasteiger partial charge in [0.2, 0.25) is 0 Å². The molecule has 0 fully saturated rings. The highest BCUT2D eigenvalue weighted by Crippen LogP contribution is 2.22. The Bertz CT molecular complexity index is 732. The molecule has 22 heavy (non-hydrogen) atoms. The second-order valence-electron chi connectivity index (χ2n) is 5.81. The average molecular weight is 294 g/mol. The molecule has 0 unspecified atom stereocenters. The number of ether oxygens (including phenoxy) is 1. The van der Waals surface area contributed by atoms with E-state index in [0.717, 1.165) is 18.8 Å². The lowest BCUT2D eigenvalue weighted by Gasteiger charge is -2.11. The molecule has 0 bridgehead atoms. The molecule has 0 N–H and O–H groups in total. The maximum absolute atomic E-state index is 5.89. The second-order valence-corrected chi connectivity index (χ2v) is 5.81. The highest BCUT2D eigenvalue weighted by Gasteiger charge is 2.04. The van der Waals surface area contributed by atoms with Gasteiger partial charge in [-0.3, -0.25) is 0 Å². The van der Waals surface area contributed by atoms with Crippen molar-refractivity contribution in [2.75, 3.05) is 20.6 Å². The summed E-state index contributed by atoms with van der Waals surface area (Å²) in [5, 5.41) is 1.23. The van der Waals surface area contributed by atoms with Crippen molar-refractivity contribution in [1.29, 1.82) is 0 Å². The van der Waals surface area contributed by atoms with Gasteiger partial charge < -0.3 is 14.2 Å². The van der Waals surface area contributed by atoms with Gasteiger partial charge in [0, 0.05) is 30.2 Å². The van der Waals surface area contributed by atoms with E-state index >= 15 is 0 Å². The van der Waals surface area contributed by atoms with Gasteiger partial charge in [0.25, 0.3) is 0 Å². The van der Waals surface area contributed by atoms with Crippen molar-refractivity contribution in [1.82, 2.24) is 9.47 Å². The third kappa shape index (κ3) is 3.49. The Balaban J connectivity index is 1.71. The van der Waals surface area contributed by atoms with Crippen LogP contribution in [0.4, 0.5) is 0 Å². The SMILES string of the molecule is CN(C)CCn1ccc2cc(OCc3ccccc3)ccc21. The maximum atomic E-state index is 5.89. The summed E-state index contributed by atoms with van der Waals surface area (Å²) >= 11 is 0. The Hall–Kier alpha value is -2.26. The number of hydrogen-bond donors (Lipinski definition) is 0. The Kier molecular flexibility index (Phi) is 4.45. The molecular formula is C19H22N2O. The van der Waals surface area contributed by atoms with Crippen LogP contribution < -0.4 is 4.74 Å². The van der Waals surface area contributed by atoms with Crippen LogP contribution in [0.25, 0.3) is 10.9 Å². The summed E-state index contributed by atoms with van der Waals surface area (Å²) in [5.41, 5.74) is 2.44. The molecule has 3 nitrogen and oxygen atoms in total. The first-order valence-corrected chi connectivity index (χ1v) is 7.63. The van der Waals surface area contributed by atoms with Gasteiger partial charge in [0.1, 0.15) is 12.4 Å². The van der Waals surface area contributed by atoms with Crippen LogP contribution in [0.2, 0.25) is 0 Å². The van der Waals surface area contributed by atoms with E-state index in [1.54, 1.807) is 0 Å². The van der Waals surface area contributed by atoms with E-state index in [1.807, 2.05) is 18.2 Å². The Morgan fingerprint density at radius 1 is 1.00 bits per heavy atom. The molecule has 0 atom stereocenters. The smallest absolute Gasteiger partial charge is 0.120 e. The summed E-state index contributed by atoms with van der Waals surface area (Å²) in [4.78, 5) is 2.20. The molecule has 1 aromatic heterocycles. The third-order valence-electron chi connectivity index (χ3n) is 3.78. The molecular weight excluding hydrogens is 272 g/mol. The summed E-state index contributed by atoms with van der Waals surface area (Å²) < 4.78 is 8.18. The fourth-order valence-electron chi connectivity index (χ4n) is 2.51. The molecule has 2 aromatic carbocycles. The lowest BCUT2D eigenvalue weighted by Crippen LogP contribution is -2.17. The largest absolute Gasteiger partial charge is 0.489 e. The van der Waals surface area contributed by atoms with Crippen LogP contribution in [0.1, 0.15) is 5.56 Å². The van der Waals surface area contributed by atoms with E-state index in [2.05, 4.69) is 66.2 Å². The van der Waals surface area contributed by atoms with Crippen LogP contribution in [0.15, 0.2) is 60.8 Å². The van der Waals surface area contributed by atoms with Gasteiger partial charge in [-0.1, -0.05) is 30.3 Å². The van der Waals surface area contributed by atoms with Gasteiger partial charge in [-0.25, -0.2) is 0 Å². The van der Waals surface area contributed by atoms with Gasteiger partial charge in [-0.05, 0) is 43.9 Å². The van der Waals surface area contributed by atoms with Crippen molar-refractivity contribution in [2.24, 2.45) is 0 Å². The first-order chi connectivity index (χ1) is 10.7. The van der Waals surface area contributed by atoms with Gasteiger partial charge >= 0.3 is 0 Å². The molecule has 0 aliphatic heterocycles. The van der Waals surface area contributed by atoms with E-state index in [0.29, 0.717) is 6.61 Å². The predicted molar refractivity (Wildman–Crippen MR) is 91.3 cm³/mol. The molecule has 114 valence electrons. The van der Waals surface area contributed by atoms with Gasteiger partial charge in [-0.15, -0.1) is 0 Å². The van der Waals surface area contributed by atoms with Crippen LogP contribution in [-0.4, -0.2) is 30.1 Å². The molecule has 0 saturated heterocycles. The van der Waals surface area contributed by atoms with Crippen molar-refractivity contribution in [3.63, 3.8) is 0 Å².